The van der Waals surface area contributed by atoms with Crippen LogP contribution >= 0.6 is 0 Å². The number of benzene rings is 2. The topological polar surface area (TPSA) is 142 Å². The number of carbonyl (C=O) groups excluding carboxylic acids is 2. The number of phenols is 1. The van der Waals surface area contributed by atoms with Crippen LogP contribution < -0.4 is 16.4 Å². The van der Waals surface area contributed by atoms with Gasteiger partial charge >= 0.3 is 5.97 Å². The molecule has 8 nitrogen and oxygen atoms in total. The van der Waals surface area contributed by atoms with Gasteiger partial charge in [0.2, 0.25) is 11.8 Å². The van der Waals surface area contributed by atoms with Gasteiger partial charge < -0.3 is 26.6 Å². The average molecular weight is 399 g/mol. The van der Waals surface area contributed by atoms with E-state index < -0.39 is 35.9 Å². The summed E-state index contributed by atoms with van der Waals surface area (Å²) in [4.78, 5) is 36.1. The van der Waals surface area contributed by atoms with Crippen molar-refractivity contribution in [2.45, 2.75) is 37.9 Å². The molecule has 0 aromatic heterocycles. The molecule has 0 spiro atoms. The monoisotopic (exact) mass is 399 g/mol. The summed E-state index contributed by atoms with van der Waals surface area (Å²) >= 11 is 0. The van der Waals surface area contributed by atoms with Gasteiger partial charge in [0.25, 0.3) is 0 Å². The number of aliphatic carboxylic acids is 1. The number of aromatic hydroxyl groups is 1. The molecule has 3 atom stereocenters. The molecule has 154 valence electrons. The molecule has 2 rings (SSSR count). The van der Waals surface area contributed by atoms with Gasteiger partial charge in [-0.15, -0.1) is 0 Å². The van der Waals surface area contributed by atoms with Gasteiger partial charge in [-0.3, -0.25) is 14.4 Å². The molecule has 0 radical (unpaired) electrons. The van der Waals surface area contributed by atoms with Crippen LogP contribution in [0.1, 0.15) is 18.1 Å². The highest BCUT2D eigenvalue weighted by Gasteiger charge is 2.26. The molecule has 0 bridgehead atoms. The van der Waals surface area contributed by atoms with Crippen molar-refractivity contribution in [1.29, 1.82) is 0 Å². The molecule has 6 N–H and O–H groups in total. The maximum atomic E-state index is 12.6. The van der Waals surface area contributed by atoms with Crippen molar-refractivity contribution in [3.8, 4) is 5.75 Å². The number of phenolic OH excluding ortho intramolecular Hbond substituents is 1. The third-order valence-electron chi connectivity index (χ3n) is 4.37. The van der Waals surface area contributed by atoms with E-state index in [4.69, 9.17) is 10.8 Å². The minimum absolute atomic E-state index is 0.110. The molecule has 0 saturated carbocycles. The van der Waals surface area contributed by atoms with Crippen LogP contribution in [0, 0.1) is 0 Å². The summed E-state index contributed by atoms with van der Waals surface area (Å²) < 4.78 is 0. The number of amides is 2. The van der Waals surface area contributed by atoms with Crippen molar-refractivity contribution in [2.75, 3.05) is 0 Å². The van der Waals surface area contributed by atoms with Crippen LogP contribution in [0.2, 0.25) is 0 Å². The molecule has 2 aromatic rings. The predicted octanol–water partition coefficient (Wildman–Crippen LogP) is 0.579. The van der Waals surface area contributed by atoms with E-state index in [1.54, 1.807) is 12.1 Å². The second kappa shape index (κ2) is 10.2. The van der Waals surface area contributed by atoms with Gasteiger partial charge in [0, 0.05) is 6.42 Å². The van der Waals surface area contributed by atoms with Crippen LogP contribution in [0.15, 0.2) is 54.6 Å². The Morgan fingerprint density at radius 3 is 2.07 bits per heavy atom. The zero-order valence-corrected chi connectivity index (χ0v) is 16.0. The van der Waals surface area contributed by atoms with Crippen LogP contribution in [0.25, 0.3) is 0 Å². The standard InChI is InChI=1S/C21H25N3O5/c1-13(21(28)29)23-20(27)18(12-14-5-3-2-4-6-14)24-19(26)17(22)11-15-7-9-16(25)10-8-15/h2-10,13,17-18,25H,11-12,22H2,1H3,(H,23,27)(H,24,26)(H,28,29). The normalized spacial score (nSPS) is 13.7. The molecule has 3 unspecified atom stereocenters. The molecular formula is C21H25N3O5. The average Bonchev–Trinajstić information content (AvgIpc) is 2.69. The number of nitrogens with one attached hydrogen (secondary N) is 2. The molecule has 0 saturated heterocycles. The molecule has 8 heteroatoms. The first-order chi connectivity index (χ1) is 13.8. The van der Waals surface area contributed by atoms with Gasteiger partial charge in [-0.05, 0) is 36.6 Å². The van der Waals surface area contributed by atoms with Gasteiger partial charge in [-0.1, -0.05) is 42.5 Å². The van der Waals surface area contributed by atoms with E-state index in [9.17, 15) is 19.5 Å². The Morgan fingerprint density at radius 1 is 0.897 bits per heavy atom. The van der Waals surface area contributed by atoms with Crippen LogP contribution in [-0.4, -0.2) is 46.1 Å². The van der Waals surface area contributed by atoms with Gasteiger partial charge in [0.15, 0.2) is 0 Å². The lowest BCUT2D eigenvalue weighted by atomic mass is 10.0. The van der Waals surface area contributed by atoms with Crippen molar-refractivity contribution in [2.24, 2.45) is 5.73 Å². The van der Waals surface area contributed by atoms with Crippen molar-refractivity contribution in [3.05, 3.63) is 65.7 Å². The van der Waals surface area contributed by atoms with E-state index in [-0.39, 0.29) is 18.6 Å². The Kier molecular flexibility index (Phi) is 7.73. The molecule has 0 heterocycles. The highest BCUT2D eigenvalue weighted by molar-refractivity contribution is 5.92. The third kappa shape index (κ3) is 6.93. The van der Waals surface area contributed by atoms with Crippen molar-refractivity contribution in [3.63, 3.8) is 0 Å². The smallest absolute Gasteiger partial charge is 0.325 e. The van der Waals surface area contributed by atoms with Crippen LogP contribution in [0.4, 0.5) is 0 Å². The van der Waals surface area contributed by atoms with E-state index in [1.807, 2.05) is 30.3 Å². The molecule has 0 aliphatic carbocycles. The zero-order chi connectivity index (χ0) is 21.4. The summed E-state index contributed by atoms with van der Waals surface area (Å²) in [5.74, 6) is -2.20. The first-order valence-corrected chi connectivity index (χ1v) is 9.17. The lowest BCUT2D eigenvalue weighted by Crippen LogP contribution is -2.55. The van der Waals surface area contributed by atoms with Crippen molar-refractivity contribution < 1.29 is 24.6 Å². The minimum atomic E-state index is -1.17. The Hall–Kier alpha value is -3.39. The molecule has 2 aromatic carbocycles. The minimum Gasteiger partial charge on any atom is -0.508 e. The Labute approximate surface area is 168 Å². The SMILES string of the molecule is CC(NC(=O)C(Cc1ccccc1)NC(=O)C(N)Cc1ccc(O)cc1)C(=O)O. The Morgan fingerprint density at radius 2 is 1.48 bits per heavy atom. The fourth-order valence-corrected chi connectivity index (χ4v) is 2.69. The molecule has 0 aliphatic heterocycles. The second-order valence-electron chi connectivity index (χ2n) is 6.80. The van der Waals surface area contributed by atoms with Crippen LogP contribution in [0.3, 0.4) is 0 Å². The predicted molar refractivity (Wildman–Crippen MR) is 107 cm³/mol. The van der Waals surface area contributed by atoms with E-state index in [0.717, 1.165) is 11.1 Å². The quantitative estimate of drug-likeness (QED) is 0.418. The number of carboxylic acid groups (broad SMARTS) is 1. The van der Waals surface area contributed by atoms with Gasteiger partial charge in [0.1, 0.15) is 17.8 Å². The Bertz CT molecular complexity index is 839. The molecule has 0 aliphatic rings. The first kappa shape index (κ1) is 21.9. The van der Waals surface area contributed by atoms with E-state index in [2.05, 4.69) is 10.6 Å². The summed E-state index contributed by atoms with van der Waals surface area (Å²) in [6.07, 6.45) is 0.411. The number of hydrogen-bond donors (Lipinski definition) is 5. The lowest BCUT2D eigenvalue weighted by molar-refractivity contribution is -0.141. The van der Waals surface area contributed by atoms with Gasteiger partial charge in [-0.25, -0.2) is 0 Å². The highest BCUT2D eigenvalue weighted by Crippen LogP contribution is 2.11. The van der Waals surface area contributed by atoms with Gasteiger partial charge in [-0.2, -0.15) is 0 Å². The van der Waals surface area contributed by atoms with Gasteiger partial charge in [0.05, 0.1) is 6.04 Å². The molecular weight excluding hydrogens is 374 g/mol. The zero-order valence-electron chi connectivity index (χ0n) is 16.0. The summed E-state index contributed by atoms with van der Waals surface area (Å²) in [5.41, 5.74) is 7.54. The van der Waals surface area contributed by atoms with Crippen molar-refractivity contribution >= 4 is 17.8 Å². The molecule has 0 fully saturated rings. The maximum absolute atomic E-state index is 12.6. The third-order valence-corrected chi connectivity index (χ3v) is 4.37. The van der Waals surface area contributed by atoms with E-state index in [1.165, 1.54) is 19.1 Å². The lowest BCUT2D eigenvalue weighted by Gasteiger charge is -2.22. The summed E-state index contributed by atoms with van der Waals surface area (Å²) in [6, 6.07) is 12.4. The van der Waals surface area contributed by atoms with E-state index in [0.29, 0.717) is 0 Å². The Balaban J connectivity index is 2.08. The summed E-state index contributed by atoms with van der Waals surface area (Å²) in [7, 11) is 0. The fourth-order valence-electron chi connectivity index (χ4n) is 2.69. The number of carbonyl (C=O) groups is 3. The van der Waals surface area contributed by atoms with Crippen LogP contribution in [-0.2, 0) is 27.2 Å². The fraction of sp³-hybridized carbons (Fsp3) is 0.286. The number of hydrogen-bond acceptors (Lipinski definition) is 5. The van der Waals surface area contributed by atoms with E-state index >= 15 is 0 Å². The second-order valence-corrected chi connectivity index (χ2v) is 6.80. The number of nitrogens with two attached hydrogens (primary N) is 1. The number of rotatable bonds is 9. The maximum Gasteiger partial charge on any atom is 0.325 e. The van der Waals surface area contributed by atoms with Crippen LogP contribution in [0.5, 0.6) is 5.75 Å². The summed E-state index contributed by atoms with van der Waals surface area (Å²) in [5, 5.41) is 23.4. The van der Waals surface area contributed by atoms with Crippen molar-refractivity contribution in [1.82, 2.24) is 10.6 Å². The number of carboxylic acids is 1. The summed E-state index contributed by atoms with van der Waals surface area (Å²) in [6.45, 7) is 1.35. The first-order valence-electron chi connectivity index (χ1n) is 9.17. The largest absolute Gasteiger partial charge is 0.508 e. The molecule has 29 heavy (non-hydrogen) atoms. The molecule has 2 amide bonds. The highest BCUT2D eigenvalue weighted by atomic mass is 16.4.